The number of nitrogens with zero attached hydrogens (tertiary/aromatic N) is 1. The van der Waals surface area contributed by atoms with Gasteiger partial charge in [0.15, 0.2) is 0 Å². The second-order valence-corrected chi connectivity index (χ2v) is 8.47. The van der Waals surface area contributed by atoms with E-state index in [0.29, 0.717) is 23.7 Å². The van der Waals surface area contributed by atoms with Crippen molar-refractivity contribution in [2.75, 3.05) is 29.0 Å². The van der Waals surface area contributed by atoms with Gasteiger partial charge in [-0.25, -0.2) is 8.42 Å². The molecule has 0 aliphatic carbocycles. The van der Waals surface area contributed by atoms with E-state index >= 15 is 0 Å². The van der Waals surface area contributed by atoms with Crippen LogP contribution in [0, 0.1) is 6.92 Å². The third-order valence-corrected chi connectivity index (χ3v) is 5.58. The quantitative estimate of drug-likeness (QED) is 0.713. The van der Waals surface area contributed by atoms with Gasteiger partial charge in [0.05, 0.1) is 18.6 Å². The Balaban J connectivity index is 2.19. The van der Waals surface area contributed by atoms with E-state index in [4.69, 9.17) is 4.74 Å². The first kappa shape index (κ1) is 20.3. The Labute approximate surface area is 162 Å². The van der Waals surface area contributed by atoms with Gasteiger partial charge < -0.3 is 10.1 Å². The molecule has 140 valence electrons. The van der Waals surface area contributed by atoms with Gasteiger partial charge in [-0.05, 0) is 49.7 Å². The number of hydrogen-bond donors (Lipinski definition) is 1. The molecular weight excluding hydrogens is 420 g/mol. The van der Waals surface area contributed by atoms with Gasteiger partial charge in [-0.3, -0.25) is 9.10 Å². The average molecular weight is 441 g/mol. The van der Waals surface area contributed by atoms with Crippen molar-refractivity contribution in [2.45, 2.75) is 13.8 Å². The standard InChI is InChI=1S/C18H21BrN2O4S/c1-4-25-16-7-5-6-14(11-16)20-18(22)12-21(26(3,23)24)15-8-9-17(19)13(2)10-15/h5-11H,4,12H2,1-3H3,(H,20,22). The Hall–Kier alpha value is -2.06. The molecule has 2 aromatic carbocycles. The van der Waals surface area contributed by atoms with Gasteiger partial charge in [0.1, 0.15) is 12.3 Å². The highest BCUT2D eigenvalue weighted by Gasteiger charge is 2.21. The SMILES string of the molecule is CCOc1cccc(NC(=O)CN(c2ccc(Br)c(C)c2)S(C)(=O)=O)c1. The molecule has 8 heteroatoms. The smallest absolute Gasteiger partial charge is 0.245 e. The molecule has 0 aromatic heterocycles. The molecule has 2 rings (SSSR count). The van der Waals surface area contributed by atoms with Crippen molar-refractivity contribution in [1.29, 1.82) is 0 Å². The minimum absolute atomic E-state index is 0.321. The fourth-order valence-corrected chi connectivity index (χ4v) is 3.44. The maximum atomic E-state index is 12.4. The Kier molecular flexibility index (Phi) is 6.66. The van der Waals surface area contributed by atoms with Crippen LogP contribution in [0.3, 0.4) is 0 Å². The van der Waals surface area contributed by atoms with Crippen molar-refractivity contribution in [1.82, 2.24) is 0 Å². The molecule has 0 aliphatic rings. The summed E-state index contributed by atoms with van der Waals surface area (Å²) in [5.74, 6) is 0.193. The zero-order valence-electron chi connectivity index (χ0n) is 14.8. The summed E-state index contributed by atoms with van der Waals surface area (Å²) in [5, 5.41) is 2.70. The summed E-state index contributed by atoms with van der Waals surface area (Å²) in [7, 11) is -3.62. The number of hydrogen-bond acceptors (Lipinski definition) is 4. The highest BCUT2D eigenvalue weighted by molar-refractivity contribution is 9.10. The normalized spacial score (nSPS) is 11.1. The number of anilines is 2. The number of benzene rings is 2. The predicted molar refractivity (Wildman–Crippen MR) is 107 cm³/mol. The molecule has 0 unspecified atom stereocenters. The van der Waals surface area contributed by atoms with Gasteiger partial charge >= 0.3 is 0 Å². The van der Waals surface area contributed by atoms with E-state index in [2.05, 4.69) is 21.2 Å². The lowest BCUT2D eigenvalue weighted by Gasteiger charge is -2.22. The van der Waals surface area contributed by atoms with E-state index in [1.54, 1.807) is 42.5 Å². The largest absolute Gasteiger partial charge is 0.494 e. The van der Waals surface area contributed by atoms with E-state index in [-0.39, 0.29) is 6.54 Å². The fraction of sp³-hybridized carbons (Fsp3) is 0.278. The maximum absolute atomic E-state index is 12.4. The Morgan fingerprint density at radius 2 is 1.96 bits per heavy atom. The number of nitrogens with one attached hydrogen (secondary N) is 1. The molecule has 0 radical (unpaired) electrons. The van der Waals surface area contributed by atoms with Gasteiger partial charge in [0, 0.05) is 16.2 Å². The number of ether oxygens (including phenoxy) is 1. The monoisotopic (exact) mass is 440 g/mol. The van der Waals surface area contributed by atoms with Crippen LogP contribution in [0.1, 0.15) is 12.5 Å². The minimum atomic E-state index is -3.62. The number of amides is 1. The predicted octanol–water partition coefficient (Wildman–Crippen LogP) is 3.56. The van der Waals surface area contributed by atoms with E-state index < -0.39 is 15.9 Å². The second-order valence-electron chi connectivity index (χ2n) is 5.71. The van der Waals surface area contributed by atoms with E-state index in [1.807, 2.05) is 13.8 Å². The van der Waals surface area contributed by atoms with Crippen LogP contribution in [0.15, 0.2) is 46.9 Å². The average Bonchev–Trinajstić information content (AvgIpc) is 2.55. The van der Waals surface area contributed by atoms with Gasteiger partial charge in [0.25, 0.3) is 0 Å². The van der Waals surface area contributed by atoms with Crippen LogP contribution < -0.4 is 14.4 Å². The molecule has 0 spiro atoms. The second kappa shape index (κ2) is 8.55. The van der Waals surface area contributed by atoms with Crippen LogP contribution in [0.25, 0.3) is 0 Å². The molecule has 0 aliphatic heterocycles. The Morgan fingerprint density at radius 1 is 1.23 bits per heavy atom. The van der Waals surface area contributed by atoms with Crippen molar-refractivity contribution in [3.63, 3.8) is 0 Å². The summed E-state index contributed by atoms with van der Waals surface area (Å²) in [4.78, 5) is 12.4. The molecule has 0 atom stereocenters. The van der Waals surface area contributed by atoms with Crippen molar-refractivity contribution in [3.8, 4) is 5.75 Å². The van der Waals surface area contributed by atoms with E-state index in [9.17, 15) is 13.2 Å². The Bertz CT molecular complexity index is 900. The lowest BCUT2D eigenvalue weighted by atomic mass is 10.2. The van der Waals surface area contributed by atoms with E-state index in [1.165, 1.54) is 0 Å². The lowest BCUT2D eigenvalue weighted by molar-refractivity contribution is -0.114. The highest BCUT2D eigenvalue weighted by atomic mass is 79.9. The van der Waals surface area contributed by atoms with Gasteiger partial charge in [-0.2, -0.15) is 0 Å². The topological polar surface area (TPSA) is 75.7 Å². The summed E-state index contributed by atoms with van der Waals surface area (Å²) < 4.78 is 31.7. The first-order valence-electron chi connectivity index (χ1n) is 7.97. The number of halogens is 1. The van der Waals surface area contributed by atoms with Crippen LogP contribution in [-0.2, 0) is 14.8 Å². The van der Waals surface area contributed by atoms with Crippen molar-refractivity contribution in [2.24, 2.45) is 0 Å². The zero-order valence-corrected chi connectivity index (χ0v) is 17.2. The molecule has 0 saturated heterocycles. The minimum Gasteiger partial charge on any atom is -0.494 e. The molecule has 26 heavy (non-hydrogen) atoms. The third-order valence-electron chi connectivity index (χ3n) is 3.55. The maximum Gasteiger partial charge on any atom is 0.245 e. The Morgan fingerprint density at radius 3 is 2.58 bits per heavy atom. The fourth-order valence-electron chi connectivity index (χ4n) is 2.35. The molecule has 0 bridgehead atoms. The van der Waals surface area contributed by atoms with Crippen LogP contribution in [0.5, 0.6) is 5.75 Å². The molecule has 2 aromatic rings. The first-order chi connectivity index (χ1) is 12.2. The molecule has 1 amide bonds. The molecule has 1 N–H and O–H groups in total. The van der Waals surface area contributed by atoms with Crippen LogP contribution >= 0.6 is 15.9 Å². The summed E-state index contributed by atoms with van der Waals surface area (Å²) in [6.07, 6.45) is 1.08. The summed E-state index contributed by atoms with van der Waals surface area (Å²) >= 11 is 3.38. The molecular formula is C18H21BrN2O4S. The lowest BCUT2D eigenvalue weighted by Crippen LogP contribution is -2.37. The molecule has 6 nitrogen and oxygen atoms in total. The highest BCUT2D eigenvalue weighted by Crippen LogP contribution is 2.25. The van der Waals surface area contributed by atoms with Crippen molar-refractivity contribution >= 4 is 43.2 Å². The van der Waals surface area contributed by atoms with Gasteiger partial charge in [-0.15, -0.1) is 0 Å². The van der Waals surface area contributed by atoms with Gasteiger partial charge in [0.2, 0.25) is 15.9 Å². The van der Waals surface area contributed by atoms with Crippen LogP contribution in [0.2, 0.25) is 0 Å². The summed E-state index contributed by atoms with van der Waals surface area (Å²) in [6.45, 7) is 3.92. The number of sulfonamides is 1. The van der Waals surface area contributed by atoms with Gasteiger partial charge in [-0.1, -0.05) is 22.0 Å². The molecule has 0 saturated carbocycles. The molecule has 0 heterocycles. The van der Waals surface area contributed by atoms with Crippen LogP contribution in [-0.4, -0.2) is 33.7 Å². The molecule has 0 fully saturated rings. The van der Waals surface area contributed by atoms with Crippen LogP contribution in [0.4, 0.5) is 11.4 Å². The number of carbonyl (C=O) groups excluding carboxylic acids is 1. The third kappa shape index (κ3) is 5.47. The number of carbonyl (C=O) groups is 1. The van der Waals surface area contributed by atoms with Crippen molar-refractivity contribution < 1.29 is 17.9 Å². The number of aryl methyl sites for hydroxylation is 1. The first-order valence-corrected chi connectivity index (χ1v) is 10.6. The van der Waals surface area contributed by atoms with E-state index in [0.717, 1.165) is 20.6 Å². The number of rotatable bonds is 7. The summed E-state index contributed by atoms with van der Waals surface area (Å²) in [6, 6.07) is 12.1. The van der Waals surface area contributed by atoms with Crippen molar-refractivity contribution in [3.05, 3.63) is 52.5 Å². The summed E-state index contributed by atoms with van der Waals surface area (Å²) in [5.41, 5.74) is 1.86. The zero-order chi connectivity index (χ0) is 19.3.